The summed E-state index contributed by atoms with van der Waals surface area (Å²) in [6.45, 7) is -0.0924. The summed E-state index contributed by atoms with van der Waals surface area (Å²) in [5, 5.41) is 0. The highest BCUT2D eigenvalue weighted by molar-refractivity contribution is 5.24. The third-order valence-corrected chi connectivity index (χ3v) is 1.95. The van der Waals surface area contributed by atoms with E-state index in [9.17, 15) is 8.78 Å². The van der Waals surface area contributed by atoms with Gasteiger partial charge in [0.1, 0.15) is 0 Å². The summed E-state index contributed by atoms with van der Waals surface area (Å²) in [7, 11) is 1.44. The molecule has 0 bridgehead atoms. The van der Waals surface area contributed by atoms with Crippen LogP contribution in [0, 0.1) is 0 Å². The van der Waals surface area contributed by atoms with Gasteiger partial charge in [0, 0.05) is 18.8 Å². The minimum atomic E-state index is -2.47. The second-order valence-corrected chi connectivity index (χ2v) is 2.81. The first kappa shape index (κ1) is 10.8. The molecule has 1 heterocycles. The topological polar surface area (TPSA) is 48.1 Å². The minimum Gasteiger partial charge on any atom is -0.481 e. The fourth-order valence-corrected chi connectivity index (χ4v) is 1.15. The highest BCUT2D eigenvalue weighted by Crippen LogP contribution is 2.23. The van der Waals surface area contributed by atoms with Crippen LogP contribution in [0.15, 0.2) is 18.3 Å². The van der Waals surface area contributed by atoms with Gasteiger partial charge in [-0.15, -0.1) is 0 Å². The van der Waals surface area contributed by atoms with Gasteiger partial charge in [0.2, 0.25) is 12.3 Å². The van der Waals surface area contributed by atoms with Crippen LogP contribution in [-0.2, 0) is 0 Å². The molecule has 3 nitrogen and oxygen atoms in total. The van der Waals surface area contributed by atoms with Gasteiger partial charge >= 0.3 is 0 Å². The van der Waals surface area contributed by atoms with E-state index in [1.165, 1.54) is 25.4 Å². The van der Waals surface area contributed by atoms with E-state index in [2.05, 4.69) is 4.98 Å². The molecule has 5 heteroatoms. The number of rotatable bonds is 4. The Bertz CT molecular complexity index is 294. The van der Waals surface area contributed by atoms with E-state index in [0.717, 1.165) is 0 Å². The van der Waals surface area contributed by atoms with Crippen molar-refractivity contribution in [3.05, 3.63) is 23.9 Å². The average molecular weight is 202 g/mol. The maximum absolute atomic E-state index is 12.5. The number of alkyl halides is 2. The van der Waals surface area contributed by atoms with E-state index in [1.807, 2.05) is 0 Å². The highest BCUT2D eigenvalue weighted by Gasteiger charge is 2.21. The number of methoxy groups -OCH3 is 1. The highest BCUT2D eigenvalue weighted by atomic mass is 19.3. The Balaban J connectivity index is 2.92. The zero-order valence-corrected chi connectivity index (χ0v) is 7.78. The SMILES string of the molecule is COc1cc(C(CN)C(F)F)ccn1. The predicted molar refractivity (Wildman–Crippen MR) is 48.6 cm³/mol. The fraction of sp³-hybridized carbons (Fsp3) is 0.444. The van der Waals surface area contributed by atoms with Gasteiger partial charge in [0.05, 0.1) is 13.0 Å². The van der Waals surface area contributed by atoms with Crippen LogP contribution in [0.5, 0.6) is 5.88 Å². The van der Waals surface area contributed by atoms with Crippen molar-refractivity contribution in [2.24, 2.45) is 5.73 Å². The number of ether oxygens (including phenoxy) is 1. The molecule has 0 spiro atoms. The van der Waals surface area contributed by atoms with Crippen molar-refractivity contribution in [3.63, 3.8) is 0 Å². The third kappa shape index (κ3) is 2.38. The lowest BCUT2D eigenvalue weighted by Gasteiger charge is -2.14. The van der Waals surface area contributed by atoms with Crippen molar-refractivity contribution < 1.29 is 13.5 Å². The second kappa shape index (κ2) is 4.85. The van der Waals surface area contributed by atoms with Crippen LogP contribution in [0.3, 0.4) is 0 Å². The minimum absolute atomic E-state index is 0.0924. The van der Waals surface area contributed by atoms with Gasteiger partial charge < -0.3 is 10.5 Å². The van der Waals surface area contributed by atoms with Gasteiger partial charge in [-0.25, -0.2) is 13.8 Å². The Labute approximate surface area is 80.9 Å². The molecular formula is C9H12F2N2O. The molecule has 1 unspecified atom stereocenters. The molecule has 0 saturated heterocycles. The van der Waals surface area contributed by atoms with Crippen LogP contribution in [0.4, 0.5) is 8.78 Å². The van der Waals surface area contributed by atoms with E-state index in [0.29, 0.717) is 11.4 Å². The first-order valence-electron chi connectivity index (χ1n) is 4.17. The summed E-state index contributed by atoms with van der Waals surface area (Å²) in [6.07, 6.45) is -1.04. The van der Waals surface area contributed by atoms with E-state index in [4.69, 9.17) is 10.5 Å². The molecule has 1 rings (SSSR count). The van der Waals surface area contributed by atoms with E-state index < -0.39 is 12.3 Å². The molecule has 0 aliphatic carbocycles. The van der Waals surface area contributed by atoms with Crippen LogP contribution >= 0.6 is 0 Å². The Kier molecular flexibility index (Phi) is 3.76. The lowest BCUT2D eigenvalue weighted by molar-refractivity contribution is 0.117. The van der Waals surface area contributed by atoms with Crippen LogP contribution in [-0.4, -0.2) is 25.1 Å². The van der Waals surface area contributed by atoms with Crippen molar-refractivity contribution >= 4 is 0 Å². The van der Waals surface area contributed by atoms with Gasteiger partial charge in [0.25, 0.3) is 0 Å². The molecule has 0 aliphatic heterocycles. The van der Waals surface area contributed by atoms with Gasteiger partial charge in [-0.2, -0.15) is 0 Å². The first-order chi connectivity index (χ1) is 6.69. The molecular weight excluding hydrogens is 190 g/mol. The molecule has 1 atom stereocenters. The third-order valence-electron chi connectivity index (χ3n) is 1.95. The molecule has 2 N–H and O–H groups in total. The number of hydrogen-bond acceptors (Lipinski definition) is 3. The second-order valence-electron chi connectivity index (χ2n) is 2.81. The molecule has 0 amide bonds. The lowest BCUT2D eigenvalue weighted by atomic mass is 10.0. The van der Waals surface area contributed by atoms with Crippen molar-refractivity contribution in [1.29, 1.82) is 0 Å². The first-order valence-corrected chi connectivity index (χ1v) is 4.17. The van der Waals surface area contributed by atoms with E-state index in [-0.39, 0.29) is 6.54 Å². The number of aromatic nitrogens is 1. The normalized spacial score (nSPS) is 12.9. The Morgan fingerprint density at radius 3 is 2.79 bits per heavy atom. The molecule has 0 fully saturated rings. The zero-order valence-electron chi connectivity index (χ0n) is 7.78. The summed E-state index contributed by atoms with van der Waals surface area (Å²) in [5.74, 6) is -0.631. The molecule has 14 heavy (non-hydrogen) atoms. The van der Waals surface area contributed by atoms with Crippen molar-refractivity contribution in [3.8, 4) is 5.88 Å². The summed E-state index contributed by atoms with van der Waals surface area (Å²) in [6, 6.07) is 3.00. The van der Waals surface area contributed by atoms with Crippen molar-refractivity contribution in [2.75, 3.05) is 13.7 Å². The monoisotopic (exact) mass is 202 g/mol. The summed E-state index contributed by atoms with van der Waals surface area (Å²) >= 11 is 0. The number of nitrogens with zero attached hydrogens (tertiary/aromatic N) is 1. The smallest absolute Gasteiger partial charge is 0.246 e. The maximum atomic E-state index is 12.5. The van der Waals surface area contributed by atoms with Gasteiger partial charge in [0.15, 0.2) is 0 Å². The predicted octanol–water partition coefficient (Wildman–Crippen LogP) is 1.40. The Morgan fingerprint density at radius 2 is 2.29 bits per heavy atom. The number of pyridine rings is 1. The number of halogens is 2. The van der Waals surface area contributed by atoms with Crippen LogP contribution in [0.25, 0.3) is 0 Å². The largest absolute Gasteiger partial charge is 0.481 e. The molecule has 0 saturated carbocycles. The number of nitrogens with two attached hydrogens (primary N) is 1. The van der Waals surface area contributed by atoms with Crippen molar-refractivity contribution in [2.45, 2.75) is 12.3 Å². The summed E-state index contributed by atoms with van der Waals surface area (Å²) < 4.78 is 29.8. The van der Waals surface area contributed by atoms with Gasteiger partial charge in [-0.1, -0.05) is 0 Å². The summed E-state index contributed by atoms with van der Waals surface area (Å²) in [4.78, 5) is 3.83. The molecule has 78 valence electrons. The van der Waals surface area contributed by atoms with Crippen LogP contribution in [0.1, 0.15) is 11.5 Å². The van der Waals surface area contributed by atoms with Gasteiger partial charge in [-0.3, -0.25) is 0 Å². The molecule has 0 radical (unpaired) electrons. The molecule has 1 aromatic rings. The fourth-order valence-electron chi connectivity index (χ4n) is 1.15. The average Bonchev–Trinajstić information content (AvgIpc) is 2.19. The molecule has 0 aromatic carbocycles. The van der Waals surface area contributed by atoms with Crippen LogP contribution < -0.4 is 10.5 Å². The quantitative estimate of drug-likeness (QED) is 0.802. The van der Waals surface area contributed by atoms with Crippen LogP contribution in [0.2, 0.25) is 0 Å². The van der Waals surface area contributed by atoms with Gasteiger partial charge in [-0.05, 0) is 11.6 Å². The Hall–Kier alpha value is -1.23. The Morgan fingerprint density at radius 1 is 1.57 bits per heavy atom. The lowest BCUT2D eigenvalue weighted by Crippen LogP contribution is -2.19. The summed E-state index contributed by atoms with van der Waals surface area (Å²) in [5.41, 5.74) is 5.71. The zero-order chi connectivity index (χ0) is 10.6. The molecule has 1 aromatic heterocycles. The van der Waals surface area contributed by atoms with E-state index >= 15 is 0 Å². The number of hydrogen-bond donors (Lipinski definition) is 1. The maximum Gasteiger partial charge on any atom is 0.246 e. The standard InChI is InChI=1S/C9H12F2N2O/c1-14-8-4-6(2-3-13-8)7(5-12)9(10)11/h2-4,7,9H,5,12H2,1H3. The van der Waals surface area contributed by atoms with Crippen molar-refractivity contribution in [1.82, 2.24) is 4.98 Å². The molecule has 0 aliphatic rings. The van der Waals surface area contributed by atoms with E-state index in [1.54, 1.807) is 0 Å².